The van der Waals surface area contributed by atoms with Crippen molar-refractivity contribution in [3.05, 3.63) is 46.3 Å². The summed E-state index contributed by atoms with van der Waals surface area (Å²) in [6.45, 7) is 0. The highest BCUT2D eigenvalue weighted by Gasteiger charge is 2.04. The maximum Gasteiger partial charge on any atom is 0.339 e. The fourth-order valence-corrected chi connectivity index (χ4v) is 2.93. The van der Waals surface area contributed by atoms with E-state index in [4.69, 9.17) is 9.52 Å². The van der Waals surface area contributed by atoms with Gasteiger partial charge in [-0.3, -0.25) is 4.79 Å². The highest BCUT2D eigenvalue weighted by Crippen LogP contribution is 2.15. The summed E-state index contributed by atoms with van der Waals surface area (Å²) >= 11 is 0. The van der Waals surface area contributed by atoms with Crippen LogP contribution in [0.15, 0.2) is 39.5 Å². The third-order valence-electron chi connectivity index (χ3n) is 4.30. The molecule has 0 aliphatic carbocycles. The molecule has 0 bridgehead atoms. The lowest BCUT2D eigenvalue weighted by molar-refractivity contribution is -0.137. The quantitative estimate of drug-likeness (QED) is 0.468. The molecular weight excluding hydrogens is 304 g/mol. The maximum absolute atomic E-state index is 11.9. The lowest BCUT2D eigenvalue weighted by Gasteiger charge is -2.03. The summed E-state index contributed by atoms with van der Waals surface area (Å²) in [5, 5.41) is 9.54. The fourth-order valence-electron chi connectivity index (χ4n) is 2.93. The highest BCUT2D eigenvalue weighted by atomic mass is 16.4. The molecule has 0 saturated heterocycles. The van der Waals surface area contributed by atoms with Gasteiger partial charge in [0.1, 0.15) is 5.58 Å². The average Bonchev–Trinajstić information content (AvgIpc) is 2.56. The van der Waals surface area contributed by atoms with E-state index in [1.807, 2.05) is 30.3 Å². The smallest absolute Gasteiger partial charge is 0.339 e. The van der Waals surface area contributed by atoms with Gasteiger partial charge in [0.05, 0.1) is 0 Å². The third-order valence-corrected chi connectivity index (χ3v) is 4.30. The first-order chi connectivity index (χ1) is 11.7. The minimum absolute atomic E-state index is 0.216. The number of carboxylic acid groups (broad SMARTS) is 1. The summed E-state index contributed by atoms with van der Waals surface area (Å²) in [6.07, 6.45) is 9.58. The third kappa shape index (κ3) is 6.19. The van der Waals surface area contributed by atoms with E-state index in [1.165, 1.54) is 6.42 Å². The zero-order chi connectivity index (χ0) is 17.2. The van der Waals surface area contributed by atoms with Crippen LogP contribution in [0, 0.1) is 0 Å². The van der Waals surface area contributed by atoms with Crippen molar-refractivity contribution in [1.29, 1.82) is 0 Å². The van der Waals surface area contributed by atoms with E-state index in [0.29, 0.717) is 5.58 Å². The van der Waals surface area contributed by atoms with E-state index >= 15 is 0 Å². The highest BCUT2D eigenvalue weighted by molar-refractivity contribution is 5.76. The minimum Gasteiger partial charge on any atom is -0.481 e. The number of aliphatic carboxylic acids is 1. The van der Waals surface area contributed by atoms with Crippen molar-refractivity contribution >= 4 is 16.9 Å². The number of unbranched alkanes of at least 4 members (excludes halogenated alkanes) is 7. The number of rotatable bonds is 11. The second-order valence-electron chi connectivity index (χ2n) is 6.32. The first-order valence-corrected chi connectivity index (χ1v) is 8.90. The molecule has 2 rings (SSSR count). The molecule has 1 heterocycles. The number of hydrogen-bond donors (Lipinski definition) is 1. The molecule has 24 heavy (non-hydrogen) atoms. The van der Waals surface area contributed by atoms with Crippen LogP contribution in [0.1, 0.15) is 63.4 Å². The summed E-state index contributed by atoms with van der Waals surface area (Å²) in [6, 6.07) is 9.54. The van der Waals surface area contributed by atoms with E-state index in [0.717, 1.165) is 62.3 Å². The van der Waals surface area contributed by atoms with Gasteiger partial charge in [-0.1, -0.05) is 56.7 Å². The van der Waals surface area contributed by atoms with Gasteiger partial charge in [0.2, 0.25) is 0 Å². The lowest BCUT2D eigenvalue weighted by Crippen LogP contribution is -2.06. The number of carbonyl (C=O) groups is 1. The summed E-state index contributed by atoms with van der Waals surface area (Å²) in [5.74, 6) is -0.701. The normalized spacial score (nSPS) is 11.0. The van der Waals surface area contributed by atoms with Crippen LogP contribution in [0.2, 0.25) is 0 Å². The van der Waals surface area contributed by atoms with Gasteiger partial charge in [-0.05, 0) is 31.4 Å². The minimum atomic E-state index is -0.701. The Labute approximate surface area is 142 Å². The van der Waals surface area contributed by atoms with Gasteiger partial charge in [0.25, 0.3) is 0 Å². The Morgan fingerprint density at radius 2 is 1.54 bits per heavy atom. The Bertz CT molecular complexity index is 702. The van der Waals surface area contributed by atoms with Crippen molar-refractivity contribution in [2.45, 2.75) is 64.2 Å². The second-order valence-corrected chi connectivity index (χ2v) is 6.32. The van der Waals surface area contributed by atoms with Crippen LogP contribution in [0.3, 0.4) is 0 Å². The van der Waals surface area contributed by atoms with Gasteiger partial charge in [0.15, 0.2) is 0 Å². The van der Waals surface area contributed by atoms with Crippen LogP contribution in [0.25, 0.3) is 11.0 Å². The van der Waals surface area contributed by atoms with Crippen LogP contribution in [-0.2, 0) is 11.2 Å². The summed E-state index contributed by atoms with van der Waals surface area (Å²) in [4.78, 5) is 22.3. The Balaban J connectivity index is 1.60. The summed E-state index contributed by atoms with van der Waals surface area (Å²) in [7, 11) is 0. The van der Waals surface area contributed by atoms with E-state index in [2.05, 4.69) is 0 Å². The first kappa shape index (κ1) is 18.2. The van der Waals surface area contributed by atoms with Crippen molar-refractivity contribution in [3.8, 4) is 0 Å². The molecule has 130 valence electrons. The van der Waals surface area contributed by atoms with E-state index in [1.54, 1.807) is 0 Å². The Hall–Kier alpha value is -2.10. The molecule has 0 atom stereocenters. The van der Waals surface area contributed by atoms with Crippen LogP contribution >= 0.6 is 0 Å². The number of carboxylic acids is 1. The van der Waals surface area contributed by atoms with Crippen molar-refractivity contribution in [2.24, 2.45) is 0 Å². The predicted octanol–water partition coefficient (Wildman–Crippen LogP) is 4.93. The van der Waals surface area contributed by atoms with E-state index in [9.17, 15) is 9.59 Å². The molecule has 4 heteroatoms. The van der Waals surface area contributed by atoms with Gasteiger partial charge < -0.3 is 9.52 Å². The van der Waals surface area contributed by atoms with Crippen LogP contribution in [-0.4, -0.2) is 11.1 Å². The number of fused-ring (bicyclic) bond motifs is 1. The van der Waals surface area contributed by atoms with Crippen LogP contribution < -0.4 is 5.63 Å². The van der Waals surface area contributed by atoms with Crippen molar-refractivity contribution in [1.82, 2.24) is 0 Å². The molecule has 0 spiro atoms. The molecule has 1 aromatic heterocycles. The average molecular weight is 330 g/mol. The zero-order valence-corrected chi connectivity index (χ0v) is 14.1. The Morgan fingerprint density at radius 3 is 2.25 bits per heavy atom. The van der Waals surface area contributed by atoms with Gasteiger partial charge >= 0.3 is 11.6 Å². The van der Waals surface area contributed by atoms with E-state index in [-0.39, 0.29) is 12.0 Å². The molecule has 2 aromatic rings. The molecule has 1 N–H and O–H groups in total. The van der Waals surface area contributed by atoms with Crippen molar-refractivity contribution < 1.29 is 14.3 Å². The topological polar surface area (TPSA) is 67.5 Å². The number of aryl methyl sites for hydroxylation is 1. The first-order valence-electron chi connectivity index (χ1n) is 8.90. The molecule has 0 fully saturated rings. The SMILES string of the molecule is O=C(O)CCCCCCCCCCc1cc2ccccc2oc1=O. The fraction of sp³-hybridized carbons (Fsp3) is 0.500. The Morgan fingerprint density at radius 1 is 0.917 bits per heavy atom. The summed E-state index contributed by atoms with van der Waals surface area (Å²) in [5.41, 5.74) is 1.20. The molecule has 1 aromatic carbocycles. The van der Waals surface area contributed by atoms with E-state index < -0.39 is 5.97 Å². The largest absolute Gasteiger partial charge is 0.481 e. The maximum atomic E-state index is 11.9. The van der Waals surface area contributed by atoms with Crippen molar-refractivity contribution in [2.75, 3.05) is 0 Å². The monoisotopic (exact) mass is 330 g/mol. The molecule has 0 amide bonds. The number of para-hydroxylation sites is 1. The number of hydrogen-bond acceptors (Lipinski definition) is 3. The number of benzene rings is 1. The van der Waals surface area contributed by atoms with Crippen LogP contribution in [0.5, 0.6) is 0 Å². The molecular formula is C20H26O4. The zero-order valence-electron chi connectivity index (χ0n) is 14.1. The molecule has 0 unspecified atom stereocenters. The van der Waals surface area contributed by atoms with Gasteiger partial charge in [-0.25, -0.2) is 4.79 Å². The van der Waals surface area contributed by atoms with Gasteiger partial charge in [-0.15, -0.1) is 0 Å². The molecule has 4 nitrogen and oxygen atoms in total. The standard InChI is InChI=1S/C20H26O4/c21-19(22)14-8-6-4-2-1-3-5-7-12-17-15-16-11-9-10-13-18(16)24-20(17)23/h9-11,13,15H,1-8,12,14H2,(H,21,22). The van der Waals surface area contributed by atoms with Crippen molar-refractivity contribution in [3.63, 3.8) is 0 Å². The Kier molecular flexibility index (Phi) is 7.53. The molecule has 0 saturated carbocycles. The molecule has 0 aliphatic rings. The predicted molar refractivity (Wildman–Crippen MR) is 95.4 cm³/mol. The molecule has 0 radical (unpaired) electrons. The lowest BCUT2D eigenvalue weighted by atomic mass is 10.0. The van der Waals surface area contributed by atoms with Gasteiger partial charge in [-0.2, -0.15) is 0 Å². The molecule has 0 aliphatic heterocycles. The summed E-state index contributed by atoms with van der Waals surface area (Å²) < 4.78 is 5.35. The second kappa shape index (κ2) is 9.91. The van der Waals surface area contributed by atoms with Gasteiger partial charge in [0, 0.05) is 17.4 Å². The van der Waals surface area contributed by atoms with Crippen LogP contribution in [0.4, 0.5) is 0 Å².